The highest BCUT2D eigenvalue weighted by molar-refractivity contribution is 6.09. The van der Waals surface area contributed by atoms with Gasteiger partial charge < -0.3 is 4.90 Å². The summed E-state index contributed by atoms with van der Waals surface area (Å²) in [5.41, 5.74) is 1.15. The molecule has 0 saturated carbocycles. The highest BCUT2D eigenvalue weighted by Gasteiger charge is 2.30. The minimum Gasteiger partial charge on any atom is -0.301 e. The van der Waals surface area contributed by atoms with Crippen LogP contribution in [0, 0.1) is 11.6 Å². The van der Waals surface area contributed by atoms with E-state index in [1.165, 1.54) is 11.1 Å². The Bertz CT molecular complexity index is 643. The van der Waals surface area contributed by atoms with Crippen molar-refractivity contribution in [3.63, 3.8) is 0 Å². The summed E-state index contributed by atoms with van der Waals surface area (Å²) < 4.78 is 26.8. The molecule has 90 valence electrons. The summed E-state index contributed by atoms with van der Waals surface area (Å²) in [7, 11) is 0. The Balaban J connectivity index is 2.06. The lowest BCUT2D eigenvalue weighted by Gasteiger charge is -2.16. The molecule has 1 aliphatic rings. The number of carbonyl (C=O) groups is 1. The van der Waals surface area contributed by atoms with Gasteiger partial charge in [0.1, 0.15) is 11.6 Å². The molecule has 0 spiro atoms. The molecule has 3 nitrogen and oxygen atoms in total. The number of anilines is 1. The van der Waals surface area contributed by atoms with Crippen LogP contribution in [0.5, 0.6) is 0 Å². The molecule has 0 aliphatic carbocycles. The molecule has 0 atom stereocenters. The number of carbonyl (C=O) groups excluding carboxylic acids is 1. The maximum absolute atomic E-state index is 13.6. The van der Waals surface area contributed by atoms with Gasteiger partial charge in [-0.1, -0.05) is 0 Å². The van der Waals surface area contributed by atoms with Crippen LogP contribution in [-0.2, 0) is 6.54 Å². The van der Waals surface area contributed by atoms with Crippen LogP contribution >= 0.6 is 0 Å². The van der Waals surface area contributed by atoms with Crippen molar-refractivity contribution in [3.05, 3.63) is 59.4 Å². The topological polar surface area (TPSA) is 33.2 Å². The molecule has 2 aromatic rings. The lowest BCUT2D eigenvalue weighted by Crippen LogP contribution is -2.24. The van der Waals surface area contributed by atoms with Gasteiger partial charge in [-0.15, -0.1) is 0 Å². The number of halogens is 2. The summed E-state index contributed by atoms with van der Waals surface area (Å²) in [5.74, 6) is -1.55. The van der Waals surface area contributed by atoms with Crippen molar-refractivity contribution in [1.29, 1.82) is 0 Å². The van der Waals surface area contributed by atoms with Crippen molar-refractivity contribution in [2.24, 2.45) is 0 Å². The van der Waals surface area contributed by atoms with Crippen molar-refractivity contribution in [2.75, 3.05) is 4.90 Å². The van der Waals surface area contributed by atoms with E-state index < -0.39 is 11.6 Å². The fourth-order valence-corrected chi connectivity index (χ4v) is 2.03. The van der Waals surface area contributed by atoms with Crippen LogP contribution in [0.2, 0.25) is 0 Å². The van der Waals surface area contributed by atoms with E-state index in [9.17, 15) is 13.6 Å². The van der Waals surface area contributed by atoms with E-state index in [0.29, 0.717) is 5.56 Å². The number of benzene rings is 1. The molecule has 5 heteroatoms. The Morgan fingerprint density at radius 1 is 1.22 bits per heavy atom. The molecular formula is C13H8F2N2O. The molecule has 0 saturated heterocycles. The highest BCUT2D eigenvalue weighted by atomic mass is 19.1. The van der Waals surface area contributed by atoms with Gasteiger partial charge in [-0.2, -0.15) is 0 Å². The first-order valence-corrected chi connectivity index (χ1v) is 5.36. The van der Waals surface area contributed by atoms with E-state index in [2.05, 4.69) is 4.98 Å². The Labute approximate surface area is 102 Å². The summed E-state index contributed by atoms with van der Waals surface area (Å²) in [5, 5.41) is 0. The molecule has 3 rings (SSSR count). The van der Waals surface area contributed by atoms with Crippen LogP contribution in [0.15, 0.2) is 36.7 Å². The zero-order valence-corrected chi connectivity index (χ0v) is 9.23. The normalized spacial score (nSPS) is 13.9. The second kappa shape index (κ2) is 3.87. The second-order valence-corrected chi connectivity index (χ2v) is 4.02. The molecule has 1 aromatic heterocycles. The van der Waals surface area contributed by atoms with Crippen molar-refractivity contribution in [1.82, 2.24) is 4.98 Å². The number of fused-ring (bicyclic) bond motifs is 1. The molecule has 0 unspecified atom stereocenters. The van der Waals surface area contributed by atoms with Gasteiger partial charge in [-0.05, 0) is 23.8 Å². The van der Waals surface area contributed by atoms with Crippen LogP contribution in [-0.4, -0.2) is 10.9 Å². The van der Waals surface area contributed by atoms with Crippen molar-refractivity contribution < 1.29 is 13.6 Å². The van der Waals surface area contributed by atoms with Gasteiger partial charge in [-0.3, -0.25) is 9.78 Å². The zero-order chi connectivity index (χ0) is 12.7. The largest absolute Gasteiger partial charge is 0.301 e. The number of amides is 1. The molecule has 2 heterocycles. The van der Waals surface area contributed by atoms with Crippen molar-refractivity contribution in [3.8, 4) is 0 Å². The van der Waals surface area contributed by atoms with E-state index in [1.807, 2.05) is 0 Å². The van der Waals surface area contributed by atoms with Crippen molar-refractivity contribution >= 4 is 11.6 Å². The van der Waals surface area contributed by atoms with Crippen LogP contribution in [0.3, 0.4) is 0 Å². The monoisotopic (exact) mass is 246 g/mol. The zero-order valence-electron chi connectivity index (χ0n) is 9.23. The fourth-order valence-electron chi connectivity index (χ4n) is 2.03. The maximum atomic E-state index is 13.6. The summed E-state index contributed by atoms with van der Waals surface area (Å²) in [4.78, 5) is 17.1. The first-order chi connectivity index (χ1) is 8.66. The second-order valence-electron chi connectivity index (χ2n) is 4.02. The number of rotatable bonds is 1. The van der Waals surface area contributed by atoms with Crippen LogP contribution in [0.25, 0.3) is 0 Å². The highest BCUT2D eigenvalue weighted by Crippen LogP contribution is 2.29. The quantitative estimate of drug-likeness (QED) is 0.774. The number of hydrogen-bond acceptors (Lipinski definition) is 2. The minimum atomic E-state index is -0.620. The van der Waals surface area contributed by atoms with E-state index in [1.54, 1.807) is 12.3 Å². The molecule has 0 bridgehead atoms. The van der Waals surface area contributed by atoms with Gasteiger partial charge in [0, 0.05) is 18.5 Å². The third kappa shape index (κ3) is 1.55. The van der Waals surface area contributed by atoms with Crippen molar-refractivity contribution in [2.45, 2.75) is 6.54 Å². The number of pyridine rings is 1. The Morgan fingerprint density at radius 3 is 2.83 bits per heavy atom. The van der Waals surface area contributed by atoms with E-state index in [-0.39, 0.29) is 18.1 Å². The SMILES string of the molecule is O=C1c2cnccc2CN1c1cc(F)ccc1F. The number of nitrogens with zero attached hydrogens (tertiary/aromatic N) is 2. The number of hydrogen-bond donors (Lipinski definition) is 0. The fraction of sp³-hybridized carbons (Fsp3) is 0.0769. The van der Waals surface area contributed by atoms with Crippen LogP contribution < -0.4 is 4.90 Å². The lowest BCUT2D eigenvalue weighted by atomic mass is 10.2. The lowest BCUT2D eigenvalue weighted by molar-refractivity contribution is 0.0995. The van der Waals surface area contributed by atoms with E-state index in [4.69, 9.17) is 0 Å². The first kappa shape index (κ1) is 10.8. The minimum absolute atomic E-state index is 0.0452. The predicted octanol–water partition coefficient (Wildman–Crippen LogP) is 2.52. The van der Waals surface area contributed by atoms with Gasteiger partial charge in [0.25, 0.3) is 5.91 Å². The molecule has 0 N–H and O–H groups in total. The Hall–Kier alpha value is -2.30. The summed E-state index contributed by atoms with van der Waals surface area (Å²) in [6, 6.07) is 4.75. The molecule has 0 radical (unpaired) electrons. The van der Waals surface area contributed by atoms with Gasteiger partial charge in [-0.25, -0.2) is 8.78 Å². The smallest absolute Gasteiger partial charge is 0.260 e. The van der Waals surface area contributed by atoms with E-state index in [0.717, 1.165) is 23.8 Å². The average molecular weight is 246 g/mol. The molecule has 1 amide bonds. The summed E-state index contributed by atoms with van der Waals surface area (Å²) in [6.45, 7) is 0.233. The third-order valence-electron chi connectivity index (χ3n) is 2.91. The molecule has 0 fully saturated rings. The first-order valence-electron chi connectivity index (χ1n) is 5.36. The molecule has 1 aliphatic heterocycles. The number of aromatic nitrogens is 1. The molecule has 1 aromatic carbocycles. The van der Waals surface area contributed by atoms with Gasteiger partial charge in [0.15, 0.2) is 0 Å². The van der Waals surface area contributed by atoms with E-state index >= 15 is 0 Å². The molecule has 18 heavy (non-hydrogen) atoms. The van der Waals surface area contributed by atoms with Gasteiger partial charge >= 0.3 is 0 Å². The third-order valence-corrected chi connectivity index (χ3v) is 2.91. The summed E-state index contributed by atoms with van der Waals surface area (Å²) >= 11 is 0. The van der Waals surface area contributed by atoms with Crippen LogP contribution in [0.1, 0.15) is 15.9 Å². The standard InChI is InChI=1S/C13H8F2N2O/c14-9-1-2-11(15)12(5-9)17-7-8-3-4-16-6-10(8)13(17)18/h1-6H,7H2. The molecular weight excluding hydrogens is 238 g/mol. The maximum Gasteiger partial charge on any atom is 0.260 e. The predicted molar refractivity (Wildman–Crippen MR) is 61.1 cm³/mol. The summed E-state index contributed by atoms with van der Waals surface area (Å²) in [6.07, 6.45) is 3.01. The van der Waals surface area contributed by atoms with Crippen LogP contribution in [0.4, 0.5) is 14.5 Å². The Kier molecular flexibility index (Phi) is 2.33. The van der Waals surface area contributed by atoms with Gasteiger partial charge in [0.2, 0.25) is 0 Å². The average Bonchev–Trinajstić information content (AvgIpc) is 2.71. The Morgan fingerprint density at radius 2 is 2.06 bits per heavy atom. The van der Waals surface area contributed by atoms with Gasteiger partial charge in [0.05, 0.1) is 17.8 Å².